The number of anilines is 1. The summed E-state index contributed by atoms with van der Waals surface area (Å²) in [4.78, 5) is 25.5. The molecular formula is C27H33N9O. The van der Waals surface area contributed by atoms with Crippen LogP contribution in [0.1, 0.15) is 19.4 Å². The second kappa shape index (κ2) is 10.4. The Balaban J connectivity index is 1.39. The van der Waals surface area contributed by atoms with Crippen LogP contribution in [0.15, 0.2) is 54.2 Å². The molecule has 1 saturated heterocycles. The van der Waals surface area contributed by atoms with Crippen LogP contribution in [-0.4, -0.2) is 81.3 Å². The Morgan fingerprint density at radius 3 is 2.51 bits per heavy atom. The molecular weight excluding hydrogens is 466 g/mol. The van der Waals surface area contributed by atoms with Crippen molar-refractivity contribution in [2.45, 2.75) is 13.8 Å². The Morgan fingerprint density at radius 2 is 1.86 bits per heavy atom. The summed E-state index contributed by atoms with van der Waals surface area (Å²) < 4.78 is 3.69. The molecule has 10 nitrogen and oxygen atoms in total. The van der Waals surface area contributed by atoms with E-state index in [1.54, 1.807) is 11.7 Å². The standard InChI is InChI=1S/C27H33N9O/c1-19(2)12-30-27(37)35-9-7-34(8-10-35)25-6-5-20(14-29-25)24-11-21(23-16-31-33(4)17-23)18-36-26(24)22(13-28-3)15-32-36/h5-6,11,13-19H,7-10,12H2,1-4H3,(H,30,37). The van der Waals surface area contributed by atoms with E-state index < -0.39 is 0 Å². The molecule has 1 aliphatic heterocycles. The van der Waals surface area contributed by atoms with E-state index in [0.29, 0.717) is 25.6 Å². The highest BCUT2D eigenvalue weighted by Gasteiger charge is 2.22. The molecule has 1 aliphatic rings. The molecule has 0 unspecified atom stereocenters. The van der Waals surface area contributed by atoms with E-state index in [1.165, 1.54) is 0 Å². The Hall–Kier alpha value is -4.21. The van der Waals surface area contributed by atoms with E-state index in [2.05, 4.69) is 57.5 Å². The van der Waals surface area contributed by atoms with Crippen molar-refractivity contribution in [1.82, 2.24) is 34.6 Å². The fraction of sp³-hybridized carbons (Fsp3) is 0.370. The van der Waals surface area contributed by atoms with Crippen LogP contribution >= 0.6 is 0 Å². The van der Waals surface area contributed by atoms with Crippen molar-refractivity contribution in [3.63, 3.8) is 0 Å². The van der Waals surface area contributed by atoms with E-state index in [9.17, 15) is 4.79 Å². The van der Waals surface area contributed by atoms with Crippen LogP contribution in [0.2, 0.25) is 0 Å². The van der Waals surface area contributed by atoms with Crippen LogP contribution < -0.4 is 10.2 Å². The minimum Gasteiger partial charge on any atom is -0.353 e. The zero-order chi connectivity index (χ0) is 25.9. The molecule has 10 heteroatoms. The van der Waals surface area contributed by atoms with Crippen LogP contribution in [0.25, 0.3) is 27.8 Å². The van der Waals surface area contributed by atoms with Gasteiger partial charge < -0.3 is 15.1 Å². The highest BCUT2D eigenvalue weighted by molar-refractivity contribution is 5.97. The quantitative estimate of drug-likeness (QED) is 0.411. The Labute approximate surface area is 216 Å². The number of nitrogens with one attached hydrogen (secondary N) is 1. The summed E-state index contributed by atoms with van der Waals surface area (Å²) >= 11 is 0. The molecule has 0 atom stereocenters. The molecule has 4 aromatic rings. The van der Waals surface area contributed by atoms with Crippen LogP contribution in [0.3, 0.4) is 0 Å². The highest BCUT2D eigenvalue weighted by Crippen LogP contribution is 2.32. The number of aromatic nitrogens is 5. The fourth-order valence-corrected chi connectivity index (χ4v) is 4.60. The summed E-state index contributed by atoms with van der Waals surface area (Å²) in [5.41, 5.74) is 6.00. The van der Waals surface area contributed by atoms with Crippen molar-refractivity contribution < 1.29 is 4.79 Å². The SMILES string of the molecule is CN=Cc1cnn2cc(-c3cnn(C)c3)cc(-c3ccc(N4CCN(C(=O)NCC(C)C)CC4)nc3)c12. The Kier molecular flexibility index (Phi) is 6.89. The number of amides is 2. The first kappa shape index (κ1) is 24.5. The third-order valence-corrected chi connectivity index (χ3v) is 6.56. The number of hydrogen-bond donors (Lipinski definition) is 1. The van der Waals surface area contributed by atoms with E-state index in [-0.39, 0.29) is 6.03 Å². The summed E-state index contributed by atoms with van der Waals surface area (Å²) in [5.74, 6) is 1.35. The van der Waals surface area contributed by atoms with Crippen LogP contribution in [0.4, 0.5) is 10.6 Å². The molecule has 4 aromatic heterocycles. The number of aliphatic imine (C=N–C) groups is 1. The first-order valence-corrected chi connectivity index (χ1v) is 12.6. The van der Waals surface area contributed by atoms with Gasteiger partial charge >= 0.3 is 6.03 Å². The molecule has 0 bridgehead atoms. The number of carbonyl (C=O) groups excluding carboxylic acids is 1. The topological polar surface area (TPSA) is 96.0 Å². The average Bonchev–Trinajstić information content (AvgIpc) is 3.53. The van der Waals surface area contributed by atoms with Crippen molar-refractivity contribution in [3.8, 4) is 22.3 Å². The minimum atomic E-state index is 0.0152. The number of urea groups is 1. The second-order valence-electron chi connectivity index (χ2n) is 9.78. The number of pyridine rings is 2. The molecule has 2 amide bonds. The van der Waals surface area contributed by atoms with Crippen LogP contribution in [-0.2, 0) is 7.05 Å². The molecule has 192 valence electrons. The van der Waals surface area contributed by atoms with Gasteiger partial charge in [0.2, 0.25) is 0 Å². The molecule has 0 aliphatic carbocycles. The predicted octanol–water partition coefficient (Wildman–Crippen LogP) is 3.33. The molecule has 5 rings (SSSR count). The van der Waals surface area contributed by atoms with Gasteiger partial charge in [0.25, 0.3) is 0 Å². The van der Waals surface area contributed by atoms with E-state index in [4.69, 9.17) is 4.98 Å². The van der Waals surface area contributed by atoms with Gasteiger partial charge in [-0.2, -0.15) is 10.2 Å². The van der Waals surface area contributed by atoms with E-state index in [0.717, 1.165) is 52.2 Å². The van der Waals surface area contributed by atoms with Crippen molar-refractivity contribution in [3.05, 3.63) is 54.7 Å². The lowest BCUT2D eigenvalue weighted by Gasteiger charge is -2.35. The maximum atomic E-state index is 12.4. The molecule has 0 saturated carbocycles. The summed E-state index contributed by atoms with van der Waals surface area (Å²) in [5, 5.41) is 11.9. The normalized spacial score (nSPS) is 14.3. The van der Waals surface area contributed by atoms with Gasteiger partial charge in [0.05, 0.1) is 17.9 Å². The predicted molar refractivity (Wildman–Crippen MR) is 146 cm³/mol. The molecule has 37 heavy (non-hydrogen) atoms. The molecule has 0 radical (unpaired) electrons. The van der Waals surface area contributed by atoms with Gasteiger partial charge in [-0.15, -0.1) is 0 Å². The number of aryl methyl sites for hydroxylation is 1. The lowest BCUT2D eigenvalue weighted by molar-refractivity contribution is 0.193. The third-order valence-electron chi connectivity index (χ3n) is 6.56. The van der Waals surface area contributed by atoms with Crippen LogP contribution in [0, 0.1) is 5.92 Å². The summed E-state index contributed by atoms with van der Waals surface area (Å²) in [7, 11) is 3.67. The van der Waals surface area contributed by atoms with Crippen molar-refractivity contribution >= 4 is 23.6 Å². The summed E-state index contributed by atoms with van der Waals surface area (Å²) in [6, 6.07) is 6.33. The maximum absolute atomic E-state index is 12.4. The van der Waals surface area contributed by atoms with Gasteiger partial charge in [-0.3, -0.25) is 9.67 Å². The number of piperazine rings is 1. The van der Waals surface area contributed by atoms with Crippen molar-refractivity contribution in [2.75, 3.05) is 44.7 Å². The van der Waals surface area contributed by atoms with Gasteiger partial charge in [0.1, 0.15) is 5.82 Å². The first-order valence-electron chi connectivity index (χ1n) is 12.6. The third kappa shape index (κ3) is 5.18. The van der Waals surface area contributed by atoms with Crippen molar-refractivity contribution in [2.24, 2.45) is 18.0 Å². The minimum absolute atomic E-state index is 0.0152. The Bertz CT molecular complexity index is 1410. The number of carbonyl (C=O) groups is 1. The van der Waals surface area contributed by atoms with Gasteiger partial charge in [-0.1, -0.05) is 13.8 Å². The second-order valence-corrected chi connectivity index (χ2v) is 9.78. The summed E-state index contributed by atoms with van der Waals surface area (Å²) in [6.45, 7) is 7.75. The van der Waals surface area contributed by atoms with Crippen molar-refractivity contribution in [1.29, 1.82) is 0 Å². The van der Waals surface area contributed by atoms with Crippen LogP contribution in [0.5, 0.6) is 0 Å². The smallest absolute Gasteiger partial charge is 0.317 e. The maximum Gasteiger partial charge on any atom is 0.317 e. The van der Waals surface area contributed by atoms with Gasteiger partial charge in [-0.25, -0.2) is 14.3 Å². The number of rotatable bonds is 6. The number of hydrogen-bond acceptors (Lipinski definition) is 6. The average molecular weight is 500 g/mol. The van der Waals surface area contributed by atoms with Gasteiger partial charge in [0.15, 0.2) is 0 Å². The Morgan fingerprint density at radius 1 is 1.05 bits per heavy atom. The fourth-order valence-electron chi connectivity index (χ4n) is 4.60. The molecule has 1 N–H and O–H groups in total. The van der Waals surface area contributed by atoms with Gasteiger partial charge in [0, 0.05) is 99.4 Å². The monoisotopic (exact) mass is 499 g/mol. The lowest BCUT2D eigenvalue weighted by Crippen LogP contribution is -2.52. The van der Waals surface area contributed by atoms with E-state index >= 15 is 0 Å². The lowest BCUT2D eigenvalue weighted by atomic mass is 10.0. The zero-order valence-electron chi connectivity index (χ0n) is 21.8. The zero-order valence-corrected chi connectivity index (χ0v) is 21.8. The first-order chi connectivity index (χ1) is 17.9. The molecule has 0 aromatic carbocycles. The number of nitrogens with zero attached hydrogens (tertiary/aromatic N) is 8. The highest BCUT2D eigenvalue weighted by atomic mass is 16.2. The molecule has 1 fully saturated rings. The molecule has 0 spiro atoms. The number of fused-ring (bicyclic) bond motifs is 1. The largest absolute Gasteiger partial charge is 0.353 e. The van der Waals surface area contributed by atoms with E-state index in [1.807, 2.05) is 53.7 Å². The summed E-state index contributed by atoms with van der Waals surface area (Å²) in [6.07, 6.45) is 11.4. The van der Waals surface area contributed by atoms with Gasteiger partial charge in [-0.05, 0) is 24.1 Å². The molecule has 5 heterocycles.